The molecule has 1 atom stereocenters. The normalized spacial score (nSPS) is 18.3. The number of anilines is 1. The summed E-state index contributed by atoms with van der Waals surface area (Å²) < 4.78 is 0. The fourth-order valence-electron chi connectivity index (χ4n) is 1.80. The fourth-order valence-corrected chi connectivity index (χ4v) is 3.00. The van der Waals surface area contributed by atoms with Gasteiger partial charge < -0.3 is 5.32 Å². The van der Waals surface area contributed by atoms with Crippen LogP contribution >= 0.6 is 11.8 Å². The van der Waals surface area contributed by atoms with Gasteiger partial charge in [-0.3, -0.25) is 10.1 Å². The average Bonchev–Trinajstić information content (AvgIpc) is 2.88. The molecule has 1 aliphatic heterocycles. The zero-order chi connectivity index (χ0) is 13.0. The molecule has 0 radical (unpaired) electrons. The number of rotatable bonds is 4. The Kier molecular flexibility index (Phi) is 3.99. The molecule has 18 heavy (non-hydrogen) atoms. The minimum Gasteiger partial charge on any atom is -0.369 e. The van der Waals surface area contributed by atoms with Gasteiger partial charge in [-0.1, -0.05) is 0 Å². The van der Waals surface area contributed by atoms with E-state index in [1.165, 1.54) is 24.7 Å². The summed E-state index contributed by atoms with van der Waals surface area (Å²) in [5.74, 6) is 1.70. The molecule has 0 aromatic carbocycles. The number of nitro groups is 1. The van der Waals surface area contributed by atoms with Gasteiger partial charge in [0.15, 0.2) is 0 Å². The molecule has 1 fully saturated rings. The van der Waals surface area contributed by atoms with Crippen molar-refractivity contribution in [1.29, 1.82) is 5.26 Å². The van der Waals surface area contributed by atoms with Crippen molar-refractivity contribution in [1.82, 2.24) is 4.98 Å². The molecule has 1 aromatic rings. The van der Waals surface area contributed by atoms with Gasteiger partial charge >= 0.3 is 5.69 Å². The maximum atomic E-state index is 10.6. The largest absolute Gasteiger partial charge is 0.369 e. The number of hydrogen-bond donors (Lipinski definition) is 1. The Balaban J connectivity index is 2.05. The highest BCUT2D eigenvalue weighted by molar-refractivity contribution is 8.00. The van der Waals surface area contributed by atoms with Crippen LogP contribution in [0.2, 0.25) is 0 Å². The van der Waals surface area contributed by atoms with Gasteiger partial charge in [0, 0.05) is 17.9 Å². The summed E-state index contributed by atoms with van der Waals surface area (Å²) in [7, 11) is 0. The van der Waals surface area contributed by atoms with Crippen molar-refractivity contribution in [2.45, 2.75) is 18.1 Å². The van der Waals surface area contributed by atoms with E-state index in [4.69, 9.17) is 5.26 Å². The molecule has 1 aliphatic rings. The predicted octanol–water partition coefficient (Wildman–Crippen LogP) is 2.17. The van der Waals surface area contributed by atoms with Crippen LogP contribution in [0.25, 0.3) is 0 Å². The molecular weight excluding hydrogens is 252 g/mol. The summed E-state index contributed by atoms with van der Waals surface area (Å²) >= 11 is 1.92. The molecule has 0 bridgehead atoms. The van der Waals surface area contributed by atoms with E-state index in [1.807, 2.05) is 11.8 Å². The Morgan fingerprint density at radius 2 is 2.50 bits per heavy atom. The summed E-state index contributed by atoms with van der Waals surface area (Å²) in [5, 5.41) is 23.2. The fraction of sp³-hybridized carbons (Fsp3) is 0.455. The van der Waals surface area contributed by atoms with Crippen molar-refractivity contribution in [3.8, 4) is 6.07 Å². The number of thioether (sulfide) groups is 1. The Morgan fingerprint density at radius 1 is 1.67 bits per heavy atom. The Morgan fingerprint density at radius 3 is 3.11 bits per heavy atom. The molecule has 0 amide bonds. The lowest BCUT2D eigenvalue weighted by molar-refractivity contribution is -0.385. The standard InChI is InChI=1S/C11H12N4O2S/c12-6-9-10(15(16)17)3-4-11(14-9)13-7-8-2-1-5-18-8/h3-4,8H,1-2,5,7H2,(H,13,14). The molecule has 2 heterocycles. The highest BCUT2D eigenvalue weighted by Crippen LogP contribution is 2.26. The molecular formula is C11H12N4O2S. The summed E-state index contributed by atoms with van der Waals surface area (Å²) in [6.07, 6.45) is 2.41. The van der Waals surface area contributed by atoms with Crippen molar-refractivity contribution in [2.24, 2.45) is 0 Å². The molecule has 0 aliphatic carbocycles. The van der Waals surface area contributed by atoms with Gasteiger partial charge in [-0.15, -0.1) is 0 Å². The van der Waals surface area contributed by atoms with E-state index >= 15 is 0 Å². The summed E-state index contributed by atoms with van der Waals surface area (Å²) in [6, 6.07) is 4.60. The van der Waals surface area contributed by atoms with Gasteiger partial charge in [-0.05, 0) is 24.7 Å². The predicted molar refractivity (Wildman–Crippen MR) is 69.6 cm³/mol. The van der Waals surface area contributed by atoms with E-state index in [2.05, 4.69) is 10.3 Å². The van der Waals surface area contributed by atoms with Crippen LogP contribution in [0.15, 0.2) is 12.1 Å². The first-order valence-electron chi connectivity index (χ1n) is 5.61. The first-order chi connectivity index (χ1) is 8.70. The second-order valence-corrected chi connectivity index (χ2v) is 5.36. The number of nitrogens with zero attached hydrogens (tertiary/aromatic N) is 3. The van der Waals surface area contributed by atoms with Gasteiger partial charge in [-0.25, -0.2) is 4.98 Å². The third-order valence-electron chi connectivity index (χ3n) is 2.71. The zero-order valence-corrected chi connectivity index (χ0v) is 10.4. The minimum absolute atomic E-state index is 0.149. The van der Waals surface area contributed by atoms with Gasteiger partial charge in [0.25, 0.3) is 0 Å². The monoisotopic (exact) mass is 264 g/mol. The lowest BCUT2D eigenvalue weighted by atomic mass is 10.2. The maximum Gasteiger partial charge on any atom is 0.305 e. The van der Waals surface area contributed by atoms with Gasteiger partial charge in [0.1, 0.15) is 11.9 Å². The van der Waals surface area contributed by atoms with Crippen LogP contribution in [0.4, 0.5) is 11.5 Å². The van der Waals surface area contributed by atoms with E-state index in [1.54, 1.807) is 12.1 Å². The highest BCUT2D eigenvalue weighted by Gasteiger charge is 2.17. The maximum absolute atomic E-state index is 10.6. The van der Waals surface area contributed by atoms with E-state index in [-0.39, 0.29) is 11.4 Å². The smallest absolute Gasteiger partial charge is 0.305 e. The number of pyridine rings is 1. The topological polar surface area (TPSA) is 91.8 Å². The number of aromatic nitrogens is 1. The van der Waals surface area contributed by atoms with Crippen LogP contribution in [0, 0.1) is 21.4 Å². The molecule has 1 saturated heterocycles. The van der Waals surface area contributed by atoms with E-state index in [0.717, 1.165) is 6.54 Å². The van der Waals surface area contributed by atoms with Crippen LogP contribution in [0.3, 0.4) is 0 Å². The third-order valence-corrected chi connectivity index (χ3v) is 4.11. The Labute approximate surface area is 109 Å². The molecule has 94 valence electrons. The first-order valence-corrected chi connectivity index (χ1v) is 6.66. The SMILES string of the molecule is N#Cc1nc(NCC2CCCS2)ccc1[N+](=O)[O-]. The van der Waals surface area contributed by atoms with E-state index in [0.29, 0.717) is 11.1 Å². The van der Waals surface area contributed by atoms with E-state index in [9.17, 15) is 10.1 Å². The number of hydrogen-bond acceptors (Lipinski definition) is 6. The molecule has 2 rings (SSSR count). The third kappa shape index (κ3) is 2.90. The number of nitriles is 1. The van der Waals surface area contributed by atoms with Gasteiger partial charge in [0.05, 0.1) is 4.92 Å². The van der Waals surface area contributed by atoms with Crippen molar-refractivity contribution in [2.75, 3.05) is 17.6 Å². The van der Waals surface area contributed by atoms with Crippen LogP contribution in [0.1, 0.15) is 18.5 Å². The lowest BCUT2D eigenvalue weighted by Gasteiger charge is -2.10. The van der Waals surface area contributed by atoms with Crippen LogP contribution in [0.5, 0.6) is 0 Å². The second-order valence-electron chi connectivity index (χ2n) is 3.95. The van der Waals surface area contributed by atoms with E-state index < -0.39 is 4.92 Å². The second kappa shape index (κ2) is 5.69. The molecule has 0 spiro atoms. The lowest BCUT2D eigenvalue weighted by Crippen LogP contribution is -2.14. The Bertz CT molecular complexity index is 494. The van der Waals surface area contributed by atoms with Crippen molar-refractivity contribution in [3.05, 3.63) is 27.9 Å². The quantitative estimate of drug-likeness (QED) is 0.661. The molecule has 0 saturated carbocycles. The molecule has 1 N–H and O–H groups in total. The molecule has 7 heteroatoms. The molecule has 6 nitrogen and oxygen atoms in total. The summed E-state index contributed by atoms with van der Waals surface area (Å²) in [5.41, 5.74) is -0.401. The number of nitrogens with one attached hydrogen (secondary N) is 1. The van der Waals surface area contributed by atoms with Crippen LogP contribution < -0.4 is 5.32 Å². The summed E-state index contributed by atoms with van der Waals surface area (Å²) in [4.78, 5) is 14.0. The molecule has 1 unspecified atom stereocenters. The zero-order valence-electron chi connectivity index (χ0n) is 9.63. The van der Waals surface area contributed by atoms with Gasteiger partial charge in [-0.2, -0.15) is 17.0 Å². The van der Waals surface area contributed by atoms with Crippen molar-refractivity contribution in [3.63, 3.8) is 0 Å². The van der Waals surface area contributed by atoms with Crippen LogP contribution in [-0.4, -0.2) is 27.5 Å². The minimum atomic E-state index is -0.595. The Hall–Kier alpha value is -1.81. The van der Waals surface area contributed by atoms with Crippen LogP contribution in [-0.2, 0) is 0 Å². The van der Waals surface area contributed by atoms with Crippen molar-refractivity contribution < 1.29 is 4.92 Å². The average molecular weight is 264 g/mol. The highest BCUT2D eigenvalue weighted by atomic mass is 32.2. The summed E-state index contributed by atoms with van der Waals surface area (Å²) in [6.45, 7) is 0.778. The molecule has 1 aromatic heterocycles. The van der Waals surface area contributed by atoms with Crippen molar-refractivity contribution >= 4 is 23.3 Å². The first kappa shape index (κ1) is 12.6. The van der Waals surface area contributed by atoms with Gasteiger partial charge in [0.2, 0.25) is 5.69 Å².